The number of carbonyl (C=O) groups is 1. The minimum absolute atomic E-state index is 1.64. The molecule has 0 unspecified atom stereocenters. The topological polar surface area (TPSA) is 172 Å². The van der Waals surface area contributed by atoms with Crippen molar-refractivity contribution < 1.29 is 24.3 Å². The van der Waals surface area contributed by atoms with Gasteiger partial charge in [0.2, 0.25) is 0 Å². The number of hydrogen-bond acceptors (Lipinski definition) is 8. The van der Waals surface area contributed by atoms with Crippen LogP contribution < -0.4 is 0 Å². The third-order valence-corrected chi connectivity index (χ3v) is 2.18. The van der Waals surface area contributed by atoms with E-state index in [9.17, 15) is 9.36 Å². The van der Waals surface area contributed by atoms with Gasteiger partial charge in [0, 0.05) is 74.4 Å². The van der Waals surface area contributed by atoms with Crippen LogP contribution in [0.3, 0.4) is 0 Å². The van der Waals surface area contributed by atoms with E-state index in [0.29, 0.717) is 0 Å². The molecule has 3 aromatic rings. The van der Waals surface area contributed by atoms with Crippen LogP contribution in [0.2, 0.25) is 0 Å². The Hall–Kier alpha value is -3.14. The summed E-state index contributed by atoms with van der Waals surface area (Å²) >= 11 is 0. The molecule has 0 bridgehead atoms. The lowest BCUT2D eigenvalue weighted by atomic mass is 10.8. The number of rotatable bonds is 1. The quantitative estimate of drug-likeness (QED) is 0.529. The van der Waals surface area contributed by atoms with Crippen molar-refractivity contribution in [3.05, 3.63) is 74.4 Å². The molecule has 0 saturated carbocycles. The third kappa shape index (κ3) is 17.1. The minimum atomic E-state index is -4.82. The van der Waals surface area contributed by atoms with Gasteiger partial charge in [0.1, 0.15) is 0 Å². The fraction of sp³-hybridized carbons (Fsp3) is 0. The van der Waals surface area contributed by atoms with Gasteiger partial charge < -0.3 is 14.9 Å². The van der Waals surface area contributed by atoms with Crippen LogP contribution in [0.15, 0.2) is 74.4 Å². The van der Waals surface area contributed by atoms with Crippen LogP contribution >= 0.6 is 7.60 Å². The number of nitrogens with zero attached hydrogens (tertiary/aromatic N) is 6. The SMILES string of the molecule is O=C(O)P(=O)(O)O.c1cnccn1.c1cnccn1.c1cnccn1. The smallest absolute Gasteiger partial charge is 0.433 e. The number of carboxylic acid groups (broad SMARTS) is 1. The van der Waals surface area contributed by atoms with E-state index in [-0.39, 0.29) is 0 Å². The molecule has 0 amide bonds. The van der Waals surface area contributed by atoms with Crippen molar-refractivity contribution in [2.45, 2.75) is 0 Å². The second-order valence-electron chi connectivity index (χ2n) is 3.51. The van der Waals surface area contributed by atoms with E-state index >= 15 is 0 Å². The molecule has 25 heavy (non-hydrogen) atoms. The maximum absolute atomic E-state index is 9.43. The molecule has 0 saturated heterocycles. The van der Waals surface area contributed by atoms with Gasteiger partial charge in [-0.2, -0.15) is 0 Å². The standard InChI is InChI=1S/3C4H4N2.CH3O5P/c3*1-2-6-4-3-5-1;2-1(3)7(4,5)6/h3*1-4H;(H,2,3)(H2,4,5,6). The maximum atomic E-state index is 9.43. The Morgan fingerprint density at radius 2 is 0.680 bits per heavy atom. The van der Waals surface area contributed by atoms with E-state index in [4.69, 9.17) is 14.9 Å². The monoisotopic (exact) mass is 366 g/mol. The molecule has 132 valence electrons. The Kier molecular flexibility index (Phi) is 12.6. The molecule has 0 aliphatic rings. The zero-order valence-electron chi connectivity index (χ0n) is 12.7. The summed E-state index contributed by atoms with van der Waals surface area (Å²) in [6.07, 6.45) is 19.7. The predicted octanol–water partition coefficient (Wildman–Crippen LogP) is 1.27. The summed E-state index contributed by atoms with van der Waals surface area (Å²) in [7, 11) is -4.82. The second kappa shape index (κ2) is 14.5. The average Bonchev–Trinajstić information content (AvgIpc) is 2.67. The van der Waals surface area contributed by atoms with Crippen molar-refractivity contribution in [2.24, 2.45) is 0 Å². The van der Waals surface area contributed by atoms with Gasteiger partial charge in [-0.3, -0.25) is 29.9 Å². The van der Waals surface area contributed by atoms with Crippen LogP contribution in [0.1, 0.15) is 0 Å². The van der Waals surface area contributed by atoms with Crippen molar-refractivity contribution in [2.75, 3.05) is 0 Å². The number of aromatic nitrogens is 6. The first kappa shape index (κ1) is 21.9. The van der Waals surface area contributed by atoms with Crippen LogP contribution in [0.25, 0.3) is 0 Å². The molecule has 0 aliphatic heterocycles. The molecule has 0 radical (unpaired) electrons. The molecular weight excluding hydrogens is 351 g/mol. The summed E-state index contributed by atoms with van der Waals surface area (Å²) in [5.74, 6) is 0. The summed E-state index contributed by atoms with van der Waals surface area (Å²) in [4.78, 5) is 46.8. The molecule has 12 heteroatoms. The van der Waals surface area contributed by atoms with Crippen LogP contribution in [-0.2, 0) is 4.57 Å². The van der Waals surface area contributed by atoms with E-state index < -0.39 is 13.3 Å². The average molecular weight is 366 g/mol. The van der Waals surface area contributed by atoms with Crippen LogP contribution in [0, 0.1) is 0 Å². The fourth-order valence-electron chi connectivity index (χ4n) is 0.760. The summed E-state index contributed by atoms with van der Waals surface area (Å²) in [5, 5.41) is 7.49. The van der Waals surface area contributed by atoms with Gasteiger partial charge in [0.15, 0.2) is 0 Å². The fourth-order valence-corrected chi connectivity index (χ4v) is 0.760. The normalized spacial score (nSPS) is 8.88. The largest absolute Gasteiger partial charge is 0.472 e. The van der Waals surface area contributed by atoms with Gasteiger partial charge >= 0.3 is 13.3 Å². The van der Waals surface area contributed by atoms with Crippen molar-refractivity contribution in [1.29, 1.82) is 0 Å². The van der Waals surface area contributed by atoms with Crippen molar-refractivity contribution >= 4 is 13.3 Å². The first-order valence-corrected chi connectivity index (χ1v) is 7.94. The minimum Gasteiger partial charge on any atom is -0.472 e. The molecule has 3 aromatic heterocycles. The lowest BCUT2D eigenvalue weighted by Gasteiger charge is -1.90. The highest BCUT2D eigenvalue weighted by atomic mass is 31.2. The lowest BCUT2D eigenvalue weighted by molar-refractivity contribution is 0.208. The van der Waals surface area contributed by atoms with Gasteiger partial charge in [-0.1, -0.05) is 0 Å². The highest BCUT2D eigenvalue weighted by Gasteiger charge is 2.23. The number of hydrogen-bond donors (Lipinski definition) is 3. The summed E-state index contributed by atoms with van der Waals surface area (Å²) < 4.78 is 9.43. The Morgan fingerprint density at radius 3 is 0.720 bits per heavy atom. The van der Waals surface area contributed by atoms with Crippen molar-refractivity contribution in [3.8, 4) is 0 Å². The van der Waals surface area contributed by atoms with E-state index in [1.54, 1.807) is 74.4 Å². The molecule has 0 spiro atoms. The first-order chi connectivity index (χ1) is 11.9. The molecular formula is C13H15N6O5P. The molecule has 0 atom stereocenters. The van der Waals surface area contributed by atoms with Crippen LogP contribution in [-0.4, -0.2) is 50.5 Å². The Balaban J connectivity index is 0.000000307. The van der Waals surface area contributed by atoms with E-state index in [1.807, 2.05) is 0 Å². The Morgan fingerprint density at radius 1 is 0.560 bits per heavy atom. The zero-order valence-corrected chi connectivity index (χ0v) is 13.6. The Labute approximate surface area is 142 Å². The molecule has 3 heterocycles. The molecule has 3 rings (SSSR count). The maximum Gasteiger partial charge on any atom is 0.433 e. The summed E-state index contributed by atoms with van der Waals surface area (Å²) in [6.45, 7) is 0. The zero-order chi connectivity index (χ0) is 18.8. The Bertz CT molecular complexity index is 547. The van der Waals surface area contributed by atoms with Gasteiger partial charge in [-0.05, 0) is 0 Å². The summed E-state index contributed by atoms with van der Waals surface area (Å²) in [6, 6.07) is 0. The molecule has 0 aromatic carbocycles. The van der Waals surface area contributed by atoms with Gasteiger partial charge in [-0.25, -0.2) is 9.36 Å². The summed E-state index contributed by atoms with van der Waals surface area (Å²) in [5.41, 5.74) is -2.09. The molecule has 0 fully saturated rings. The third-order valence-electron chi connectivity index (χ3n) is 1.68. The molecule has 0 aliphatic carbocycles. The second-order valence-corrected chi connectivity index (χ2v) is 4.98. The van der Waals surface area contributed by atoms with Crippen molar-refractivity contribution in [3.63, 3.8) is 0 Å². The van der Waals surface area contributed by atoms with E-state index in [1.165, 1.54) is 0 Å². The lowest BCUT2D eigenvalue weighted by Crippen LogP contribution is -1.90. The van der Waals surface area contributed by atoms with E-state index in [0.717, 1.165) is 0 Å². The van der Waals surface area contributed by atoms with Crippen molar-refractivity contribution in [1.82, 2.24) is 29.9 Å². The highest BCUT2D eigenvalue weighted by Crippen LogP contribution is 2.34. The van der Waals surface area contributed by atoms with Gasteiger partial charge in [-0.15, -0.1) is 0 Å². The first-order valence-electron chi connectivity index (χ1n) is 6.33. The predicted molar refractivity (Wildman–Crippen MR) is 86.2 cm³/mol. The van der Waals surface area contributed by atoms with E-state index in [2.05, 4.69) is 29.9 Å². The molecule has 3 N–H and O–H groups in total. The van der Waals surface area contributed by atoms with Crippen LogP contribution in [0.5, 0.6) is 0 Å². The highest BCUT2D eigenvalue weighted by molar-refractivity contribution is 7.69. The van der Waals surface area contributed by atoms with Gasteiger partial charge in [0.05, 0.1) is 0 Å². The van der Waals surface area contributed by atoms with Gasteiger partial charge in [0.25, 0.3) is 0 Å². The molecule has 11 nitrogen and oxygen atoms in total. The van der Waals surface area contributed by atoms with Crippen LogP contribution in [0.4, 0.5) is 4.79 Å².